The van der Waals surface area contributed by atoms with Crippen molar-refractivity contribution >= 4 is 11.8 Å². The van der Waals surface area contributed by atoms with Gasteiger partial charge in [-0.2, -0.15) is 0 Å². The number of likely N-dealkylation sites (N-methyl/N-ethyl adjacent to an activating group) is 2. The molecule has 6 heteroatoms. The highest BCUT2D eigenvalue weighted by Gasteiger charge is 2.28. The Morgan fingerprint density at radius 2 is 1.63 bits per heavy atom. The zero-order chi connectivity index (χ0) is 19.8. The summed E-state index contributed by atoms with van der Waals surface area (Å²) in [5.41, 5.74) is 1.14. The van der Waals surface area contributed by atoms with Crippen LogP contribution in [-0.2, 0) is 16.1 Å². The monoisotopic (exact) mass is 374 g/mol. The molecule has 0 spiro atoms. The van der Waals surface area contributed by atoms with E-state index in [0.717, 1.165) is 44.8 Å². The highest BCUT2D eigenvalue weighted by atomic mass is 16.2. The van der Waals surface area contributed by atoms with Gasteiger partial charge in [0.1, 0.15) is 0 Å². The molecule has 1 fully saturated rings. The Morgan fingerprint density at radius 1 is 1.04 bits per heavy atom. The third kappa shape index (κ3) is 6.04. The van der Waals surface area contributed by atoms with Crippen molar-refractivity contribution in [1.82, 2.24) is 19.6 Å². The minimum atomic E-state index is -0.139. The van der Waals surface area contributed by atoms with Crippen LogP contribution in [0.1, 0.15) is 26.3 Å². The van der Waals surface area contributed by atoms with E-state index >= 15 is 0 Å². The Labute approximate surface area is 163 Å². The molecule has 0 aliphatic carbocycles. The van der Waals surface area contributed by atoms with Crippen LogP contribution in [0.3, 0.4) is 0 Å². The third-order valence-electron chi connectivity index (χ3n) is 5.43. The van der Waals surface area contributed by atoms with Gasteiger partial charge in [-0.15, -0.1) is 0 Å². The molecular formula is C21H34N4O2. The Kier molecular flexibility index (Phi) is 8.25. The summed E-state index contributed by atoms with van der Waals surface area (Å²) < 4.78 is 0. The lowest BCUT2D eigenvalue weighted by Crippen LogP contribution is -2.55. The Hall–Kier alpha value is -1.92. The van der Waals surface area contributed by atoms with Crippen molar-refractivity contribution in [3.05, 3.63) is 35.9 Å². The normalized spacial score (nSPS) is 16.7. The van der Waals surface area contributed by atoms with E-state index in [9.17, 15) is 9.59 Å². The molecule has 2 rings (SSSR count). The molecule has 0 radical (unpaired) electrons. The molecule has 1 aliphatic heterocycles. The average Bonchev–Trinajstić information content (AvgIpc) is 2.69. The SMILES string of the molecule is CCN(CC)C(=O)CN1CCN(C(C)C(=O)N(C)Cc2ccccc2)CC1. The van der Waals surface area contributed by atoms with Gasteiger partial charge in [0.15, 0.2) is 0 Å². The van der Waals surface area contributed by atoms with Gasteiger partial charge in [0.2, 0.25) is 11.8 Å². The number of rotatable bonds is 8. The average molecular weight is 375 g/mol. The Balaban J connectivity index is 1.80. The number of hydrogen-bond acceptors (Lipinski definition) is 4. The van der Waals surface area contributed by atoms with Crippen molar-refractivity contribution in [2.24, 2.45) is 0 Å². The van der Waals surface area contributed by atoms with E-state index in [2.05, 4.69) is 9.80 Å². The van der Waals surface area contributed by atoms with E-state index in [1.165, 1.54) is 0 Å². The van der Waals surface area contributed by atoms with Crippen molar-refractivity contribution < 1.29 is 9.59 Å². The first kappa shape index (κ1) is 21.4. The van der Waals surface area contributed by atoms with Crippen LogP contribution in [0.25, 0.3) is 0 Å². The fraction of sp³-hybridized carbons (Fsp3) is 0.619. The van der Waals surface area contributed by atoms with Crippen LogP contribution in [0, 0.1) is 0 Å². The van der Waals surface area contributed by atoms with E-state index in [1.807, 2.05) is 63.1 Å². The number of carbonyl (C=O) groups is 2. The van der Waals surface area contributed by atoms with Gasteiger partial charge < -0.3 is 9.80 Å². The van der Waals surface area contributed by atoms with Gasteiger partial charge in [-0.25, -0.2) is 0 Å². The Bertz CT molecular complexity index is 595. The summed E-state index contributed by atoms with van der Waals surface area (Å²) in [4.78, 5) is 33.1. The quantitative estimate of drug-likeness (QED) is 0.692. The molecule has 2 amide bonds. The standard InChI is InChI=1S/C21H34N4O2/c1-5-24(6-2)20(26)17-23-12-14-25(15-13-23)18(3)21(27)22(4)16-19-10-8-7-9-11-19/h7-11,18H,5-6,12-17H2,1-4H3. The highest BCUT2D eigenvalue weighted by molar-refractivity contribution is 5.81. The van der Waals surface area contributed by atoms with Crippen LogP contribution in [-0.4, -0.2) is 90.3 Å². The second-order valence-electron chi connectivity index (χ2n) is 7.23. The second kappa shape index (κ2) is 10.4. The fourth-order valence-corrected chi connectivity index (χ4v) is 3.59. The van der Waals surface area contributed by atoms with Gasteiger partial charge in [0.05, 0.1) is 12.6 Å². The van der Waals surface area contributed by atoms with Crippen molar-refractivity contribution in [2.45, 2.75) is 33.4 Å². The number of amides is 2. The number of benzene rings is 1. The smallest absolute Gasteiger partial charge is 0.239 e. The minimum absolute atomic E-state index is 0.139. The van der Waals surface area contributed by atoms with Crippen LogP contribution in [0.2, 0.25) is 0 Å². The molecule has 1 aliphatic rings. The van der Waals surface area contributed by atoms with Gasteiger partial charge in [0, 0.05) is 52.9 Å². The molecule has 0 aromatic heterocycles. The highest BCUT2D eigenvalue weighted by Crippen LogP contribution is 2.11. The summed E-state index contributed by atoms with van der Waals surface area (Å²) >= 11 is 0. The number of piperazine rings is 1. The third-order valence-corrected chi connectivity index (χ3v) is 5.43. The van der Waals surface area contributed by atoms with Crippen LogP contribution in [0.4, 0.5) is 0 Å². The zero-order valence-corrected chi connectivity index (χ0v) is 17.2. The first-order valence-electron chi connectivity index (χ1n) is 9.99. The summed E-state index contributed by atoms with van der Waals surface area (Å²) in [6.45, 7) is 11.9. The van der Waals surface area contributed by atoms with Gasteiger partial charge in [0.25, 0.3) is 0 Å². The molecule has 1 heterocycles. The maximum absolute atomic E-state index is 12.8. The molecule has 27 heavy (non-hydrogen) atoms. The lowest BCUT2D eigenvalue weighted by atomic mass is 10.1. The molecule has 1 atom stereocenters. The van der Waals surface area contributed by atoms with Crippen LogP contribution >= 0.6 is 0 Å². The topological polar surface area (TPSA) is 47.1 Å². The van der Waals surface area contributed by atoms with Gasteiger partial charge in [-0.05, 0) is 26.3 Å². The predicted octanol–water partition coefficient (Wildman–Crippen LogP) is 1.52. The number of nitrogens with zero attached hydrogens (tertiary/aromatic N) is 4. The molecule has 150 valence electrons. The molecule has 0 N–H and O–H groups in total. The molecule has 1 saturated heterocycles. The van der Waals surface area contributed by atoms with Gasteiger partial charge >= 0.3 is 0 Å². The maximum Gasteiger partial charge on any atom is 0.239 e. The summed E-state index contributed by atoms with van der Waals surface area (Å²) in [6.07, 6.45) is 0. The second-order valence-corrected chi connectivity index (χ2v) is 7.23. The van der Waals surface area contributed by atoms with Crippen molar-refractivity contribution in [1.29, 1.82) is 0 Å². The van der Waals surface area contributed by atoms with E-state index in [0.29, 0.717) is 13.1 Å². The molecule has 0 saturated carbocycles. The maximum atomic E-state index is 12.8. The van der Waals surface area contributed by atoms with Gasteiger partial charge in [-0.1, -0.05) is 30.3 Å². The predicted molar refractivity (Wildman–Crippen MR) is 108 cm³/mol. The van der Waals surface area contributed by atoms with E-state index in [4.69, 9.17) is 0 Å². The lowest BCUT2D eigenvalue weighted by molar-refractivity contribution is -0.137. The molecule has 1 aromatic rings. The summed E-state index contributed by atoms with van der Waals surface area (Å²) in [5, 5.41) is 0. The first-order chi connectivity index (χ1) is 13.0. The first-order valence-corrected chi connectivity index (χ1v) is 9.99. The van der Waals surface area contributed by atoms with E-state index < -0.39 is 0 Å². The number of carbonyl (C=O) groups excluding carboxylic acids is 2. The minimum Gasteiger partial charge on any atom is -0.342 e. The van der Waals surface area contributed by atoms with Crippen molar-refractivity contribution in [2.75, 3.05) is 52.9 Å². The number of hydrogen-bond donors (Lipinski definition) is 0. The van der Waals surface area contributed by atoms with Crippen molar-refractivity contribution in [3.63, 3.8) is 0 Å². The zero-order valence-electron chi connectivity index (χ0n) is 17.2. The largest absolute Gasteiger partial charge is 0.342 e. The lowest BCUT2D eigenvalue weighted by Gasteiger charge is -2.38. The molecular weight excluding hydrogens is 340 g/mol. The molecule has 1 aromatic carbocycles. The Morgan fingerprint density at radius 3 is 2.19 bits per heavy atom. The van der Waals surface area contributed by atoms with Gasteiger partial charge in [-0.3, -0.25) is 19.4 Å². The van der Waals surface area contributed by atoms with Crippen LogP contribution in [0.15, 0.2) is 30.3 Å². The summed E-state index contributed by atoms with van der Waals surface area (Å²) in [7, 11) is 1.87. The summed E-state index contributed by atoms with van der Waals surface area (Å²) in [6, 6.07) is 9.92. The van der Waals surface area contributed by atoms with E-state index in [-0.39, 0.29) is 17.9 Å². The molecule has 1 unspecified atom stereocenters. The van der Waals surface area contributed by atoms with Crippen LogP contribution < -0.4 is 0 Å². The van der Waals surface area contributed by atoms with Crippen molar-refractivity contribution in [3.8, 4) is 0 Å². The van der Waals surface area contributed by atoms with Crippen LogP contribution in [0.5, 0.6) is 0 Å². The molecule has 0 bridgehead atoms. The molecule has 6 nitrogen and oxygen atoms in total. The van der Waals surface area contributed by atoms with E-state index in [1.54, 1.807) is 4.90 Å². The fourth-order valence-electron chi connectivity index (χ4n) is 3.59. The summed E-state index contributed by atoms with van der Waals surface area (Å²) in [5.74, 6) is 0.340.